The fourth-order valence-corrected chi connectivity index (χ4v) is 2.40. The number of nitrogens with zero attached hydrogens (tertiary/aromatic N) is 1. The molecule has 3 N–H and O–H groups in total. The molecule has 0 atom stereocenters. The van der Waals surface area contributed by atoms with Crippen LogP contribution in [0.15, 0.2) is 47.5 Å². The molecular formula is C17H17N3O2. The second-order valence-corrected chi connectivity index (χ2v) is 4.96. The number of nitrogens with one attached hydrogen (secondary N) is 1. The largest absolute Gasteiger partial charge is 0.462 e. The quantitative estimate of drug-likeness (QED) is 0.674. The van der Waals surface area contributed by atoms with E-state index in [4.69, 9.17) is 10.5 Å². The third-order valence-electron chi connectivity index (χ3n) is 3.45. The Balaban J connectivity index is 1.99. The summed E-state index contributed by atoms with van der Waals surface area (Å²) >= 11 is 0. The van der Waals surface area contributed by atoms with E-state index in [0.717, 1.165) is 17.0 Å². The number of carbonyl (C=O) groups is 1. The smallest absolute Gasteiger partial charge is 0.338 e. The maximum atomic E-state index is 11.8. The molecule has 0 spiro atoms. The molecule has 2 aromatic rings. The molecule has 0 saturated carbocycles. The zero-order valence-electron chi connectivity index (χ0n) is 12.3. The van der Waals surface area contributed by atoms with Crippen molar-refractivity contribution in [3.05, 3.63) is 53.6 Å². The molecule has 5 heteroatoms. The molecule has 1 heterocycles. The number of ether oxygens (including phenoxy) is 1. The van der Waals surface area contributed by atoms with Crippen LogP contribution < -0.4 is 11.1 Å². The van der Waals surface area contributed by atoms with Gasteiger partial charge in [-0.05, 0) is 24.6 Å². The van der Waals surface area contributed by atoms with Crippen molar-refractivity contribution in [3.8, 4) is 0 Å². The van der Waals surface area contributed by atoms with E-state index in [9.17, 15) is 4.79 Å². The maximum Gasteiger partial charge on any atom is 0.338 e. The fourth-order valence-electron chi connectivity index (χ4n) is 2.40. The Kier molecular flexibility index (Phi) is 3.78. The summed E-state index contributed by atoms with van der Waals surface area (Å²) in [6.07, 6.45) is 0. The lowest BCUT2D eigenvalue weighted by Crippen LogP contribution is -2.19. The normalized spacial score (nSPS) is 12.9. The zero-order chi connectivity index (χ0) is 15.5. The molecule has 2 aromatic carbocycles. The lowest BCUT2D eigenvalue weighted by molar-refractivity contribution is 0.0526. The lowest BCUT2D eigenvalue weighted by atomic mass is 10.1. The molecule has 0 unspecified atom stereocenters. The highest BCUT2D eigenvalue weighted by atomic mass is 16.5. The average Bonchev–Trinajstić information content (AvgIpc) is 2.55. The summed E-state index contributed by atoms with van der Waals surface area (Å²) in [7, 11) is 0. The van der Waals surface area contributed by atoms with Crippen molar-refractivity contribution in [2.45, 2.75) is 6.92 Å². The van der Waals surface area contributed by atoms with Crippen molar-refractivity contribution >= 4 is 28.7 Å². The van der Waals surface area contributed by atoms with Gasteiger partial charge in [-0.2, -0.15) is 0 Å². The Morgan fingerprint density at radius 2 is 2.09 bits per heavy atom. The first-order valence-corrected chi connectivity index (χ1v) is 7.16. The van der Waals surface area contributed by atoms with Gasteiger partial charge in [0.05, 0.1) is 35.8 Å². The van der Waals surface area contributed by atoms with Gasteiger partial charge >= 0.3 is 5.97 Å². The van der Waals surface area contributed by atoms with Gasteiger partial charge in [0.25, 0.3) is 0 Å². The van der Waals surface area contributed by atoms with E-state index in [1.54, 1.807) is 19.1 Å². The Bertz CT molecular complexity index is 739. The second-order valence-electron chi connectivity index (χ2n) is 4.96. The molecular weight excluding hydrogens is 278 g/mol. The third kappa shape index (κ3) is 2.65. The molecule has 112 valence electrons. The minimum atomic E-state index is -0.378. The van der Waals surface area contributed by atoms with Gasteiger partial charge in [-0.1, -0.05) is 30.3 Å². The first-order valence-electron chi connectivity index (χ1n) is 7.16. The zero-order valence-corrected chi connectivity index (χ0v) is 12.3. The molecule has 3 rings (SSSR count). The molecule has 0 fully saturated rings. The minimum Gasteiger partial charge on any atom is -0.462 e. The summed E-state index contributed by atoms with van der Waals surface area (Å²) in [4.78, 5) is 16.5. The number of anilines is 2. The molecule has 0 aliphatic carbocycles. The molecule has 1 aliphatic heterocycles. The Hall–Kier alpha value is -2.82. The van der Waals surface area contributed by atoms with Gasteiger partial charge in [0.2, 0.25) is 0 Å². The van der Waals surface area contributed by atoms with Crippen molar-refractivity contribution in [3.63, 3.8) is 0 Å². The Morgan fingerprint density at radius 3 is 2.82 bits per heavy atom. The summed E-state index contributed by atoms with van der Waals surface area (Å²) in [5, 5.41) is 3.27. The molecule has 5 nitrogen and oxygen atoms in total. The highest BCUT2D eigenvalue weighted by Gasteiger charge is 2.18. The van der Waals surface area contributed by atoms with Gasteiger partial charge in [-0.15, -0.1) is 0 Å². The average molecular weight is 295 g/mol. The van der Waals surface area contributed by atoms with Gasteiger partial charge in [-0.3, -0.25) is 0 Å². The van der Waals surface area contributed by atoms with Gasteiger partial charge in [-0.25, -0.2) is 9.79 Å². The number of hydrogen-bond acceptors (Lipinski definition) is 5. The Labute approximate surface area is 128 Å². The van der Waals surface area contributed by atoms with E-state index in [2.05, 4.69) is 10.3 Å². The standard InChI is InChI=1S/C17H17N3O2/c1-2-22-17(21)12-8-13(18)16-14(9-12)19-10-15(20-16)11-6-4-3-5-7-11/h3-9,19H,2,10,18H2,1H3. The molecule has 1 aliphatic rings. The lowest BCUT2D eigenvalue weighted by Gasteiger charge is -2.20. The number of fused-ring (bicyclic) bond motifs is 1. The topological polar surface area (TPSA) is 76.7 Å². The fraction of sp³-hybridized carbons (Fsp3) is 0.176. The molecule has 22 heavy (non-hydrogen) atoms. The number of benzene rings is 2. The summed E-state index contributed by atoms with van der Waals surface area (Å²) in [5.41, 5.74) is 10.3. The first kappa shape index (κ1) is 14.1. The van der Waals surface area contributed by atoms with Crippen LogP contribution in [-0.4, -0.2) is 24.8 Å². The molecule has 0 radical (unpaired) electrons. The number of nitrogen functional groups attached to an aromatic ring is 1. The van der Waals surface area contributed by atoms with Crippen LogP contribution in [0.3, 0.4) is 0 Å². The van der Waals surface area contributed by atoms with E-state index in [-0.39, 0.29) is 5.97 Å². The number of nitrogens with two attached hydrogens (primary N) is 1. The van der Waals surface area contributed by atoms with Gasteiger partial charge < -0.3 is 15.8 Å². The van der Waals surface area contributed by atoms with Crippen LogP contribution in [-0.2, 0) is 4.74 Å². The van der Waals surface area contributed by atoms with Crippen molar-refractivity contribution in [2.24, 2.45) is 4.99 Å². The van der Waals surface area contributed by atoms with E-state index < -0.39 is 0 Å². The highest BCUT2D eigenvalue weighted by Crippen LogP contribution is 2.36. The van der Waals surface area contributed by atoms with E-state index in [1.807, 2.05) is 30.3 Å². The number of esters is 1. The third-order valence-corrected chi connectivity index (χ3v) is 3.45. The van der Waals surface area contributed by atoms with Crippen LogP contribution in [0.2, 0.25) is 0 Å². The van der Waals surface area contributed by atoms with E-state index >= 15 is 0 Å². The van der Waals surface area contributed by atoms with Crippen LogP contribution in [0.25, 0.3) is 0 Å². The number of hydrogen-bond donors (Lipinski definition) is 2. The van der Waals surface area contributed by atoms with Crippen LogP contribution in [0.5, 0.6) is 0 Å². The first-order chi connectivity index (χ1) is 10.7. The molecule has 0 amide bonds. The second kappa shape index (κ2) is 5.89. The highest BCUT2D eigenvalue weighted by molar-refractivity contribution is 6.09. The monoisotopic (exact) mass is 295 g/mol. The van der Waals surface area contributed by atoms with Gasteiger partial charge in [0.15, 0.2) is 0 Å². The summed E-state index contributed by atoms with van der Waals surface area (Å²) in [6, 6.07) is 13.3. The SMILES string of the molecule is CCOC(=O)c1cc(N)c2c(c1)NCC(c1ccccc1)=N2. The minimum absolute atomic E-state index is 0.333. The van der Waals surface area contributed by atoms with Crippen molar-refractivity contribution in [1.29, 1.82) is 0 Å². The molecule has 0 bridgehead atoms. The van der Waals surface area contributed by atoms with Crippen LogP contribution in [0.4, 0.5) is 17.1 Å². The Morgan fingerprint density at radius 1 is 1.32 bits per heavy atom. The van der Waals surface area contributed by atoms with Crippen LogP contribution in [0, 0.1) is 0 Å². The maximum absolute atomic E-state index is 11.8. The summed E-state index contributed by atoms with van der Waals surface area (Å²) in [6.45, 7) is 2.69. The van der Waals surface area contributed by atoms with E-state index in [0.29, 0.717) is 30.1 Å². The number of rotatable bonds is 3. The van der Waals surface area contributed by atoms with Gasteiger partial charge in [0.1, 0.15) is 5.69 Å². The molecule has 0 aromatic heterocycles. The van der Waals surface area contributed by atoms with Crippen molar-refractivity contribution in [1.82, 2.24) is 0 Å². The summed E-state index contributed by atoms with van der Waals surface area (Å²) < 4.78 is 5.01. The van der Waals surface area contributed by atoms with Crippen LogP contribution >= 0.6 is 0 Å². The summed E-state index contributed by atoms with van der Waals surface area (Å²) in [5.74, 6) is -0.378. The number of carbonyl (C=O) groups excluding carboxylic acids is 1. The van der Waals surface area contributed by atoms with Gasteiger partial charge in [0, 0.05) is 0 Å². The van der Waals surface area contributed by atoms with Crippen molar-refractivity contribution < 1.29 is 9.53 Å². The predicted molar refractivity (Wildman–Crippen MR) is 87.9 cm³/mol. The number of aliphatic imine (C=N–C) groups is 1. The van der Waals surface area contributed by atoms with E-state index in [1.165, 1.54) is 0 Å². The molecule has 0 saturated heterocycles. The predicted octanol–water partition coefficient (Wildman–Crippen LogP) is 2.99. The van der Waals surface area contributed by atoms with Crippen LogP contribution in [0.1, 0.15) is 22.8 Å². The van der Waals surface area contributed by atoms with Crippen molar-refractivity contribution in [2.75, 3.05) is 24.2 Å².